The summed E-state index contributed by atoms with van der Waals surface area (Å²) in [4.78, 5) is 11.3. The summed E-state index contributed by atoms with van der Waals surface area (Å²) in [6.07, 6.45) is 2.05. The number of thiazole rings is 1. The summed E-state index contributed by atoms with van der Waals surface area (Å²) in [5.74, 6) is 1.01. The zero-order chi connectivity index (χ0) is 8.27. The lowest BCUT2D eigenvalue weighted by Crippen LogP contribution is -2.15. The minimum Gasteiger partial charge on any atom is -0.303 e. The van der Waals surface area contributed by atoms with Gasteiger partial charge < -0.3 is 4.57 Å². The minimum atomic E-state index is 0.163. The van der Waals surface area contributed by atoms with Crippen molar-refractivity contribution in [1.29, 1.82) is 0 Å². The van der Waals surface area contributed by atoms with Gasteiger partial charge in [-0.15, -0.1) is 0 Å². The highest BCUT2D eigenvalue weighted by Crippen LogP contribution is 2.01. The first-order valence-corrected chi connectivity index (χ1v) is 5.67. The van der Waals surface area contributed by atoms with Gasteiger partial charge in [0, 0.05) is 23.4 Å². The molecule has 1 heterocycles. The summed E-state index contributed by atoms with van der Waals surface area (Å²) in [6, 6.07) is 0. The molecular weight excluding hydrogens is 178 g/mol. The molecule has 0 bridgehead atoms. The second-order valence-electron chi connectivity index (χ2n) is 2.29. The van der Waals surface area contributed by atoms with Gasteiger partial charge in [0.2, 0.25) is 0 Å². The van der Waals surface area contributed by atoms with Crippen molar-refractivity contribution < 1.29 is 0 Å². The van der Waals surface area contributed by atoms with Gasteiger partial charge in [-0.3, -0.25) is 4.79 Å². The molecule has 0 saturated heterocycles. The predicted molar refractivity (Wildman–Crippen MR) is 51.7 cm³/mol. The monoisotopic (exact) mass is 189 g/mol. The second kappa shape index (κ2) is 3.97. The van der Waals surface area contributed by atoms with Gasteiger partial charge in [-0.05, 0) is 13.2 Å². The third-order valence-corrected chi connectivity index (χ3v) is 2.97. The largest absolute Gasteiger partial charge is 0.307 e. The summed E-state index contributed by atoms with van der Waals surface area (Å²) in [5.41, 5.74) is 1.08. The molecule has 1 aromatic rings. The molecule has 0 aliphatic carbocycles. The number of nitrogens with zero attached hydrogens (tertiary/aromatic N) is 1. The third kappa shape index (κ3) is 2.10. The Hall–Kier alpha value is -0.220. The Morgan fingerprint density at radius 3 is 2.91 bits per heavy atom. The lowest BCUT2D eigenvalue weighted by Gasteiger charge is -2.00. The van der Waals surface area contributed by atoms with Gasteiger partial charge in [-0.1, -0.05) is 11.3 Å². The van der Waals surface area contributed by atoms with E-state index in [1.165, 1.54) is 11.3 Å². The molecule has 0 atom stereocenters. The second-order valence-corrected chi connectivity index (χ2v) is 4.09. The van der Waals surface area contributed by atoms with Crippen molar-refractivity contribution in [2.45, 2.75) is 13.5 Å². The van der Waals surface area contributed by atoms with E-state index in [4.69, 9.17) is 0 Å². The molecule has 0 unspecified atom stereocenters. The minimum absolute atomic E-state index is 0.163. The highest BCUT2D eigenvalue weighted by molar-refractivity contribution is 7.98. The molecular formula is C7H11NOS2. The van der Waals surface area contributed by atoms with E-state index in [0.29, 0.717) is 0 Å². The van der Waals surface area contributed by atoms with Crippen molar-refractivity contribution in [3.8, 4) is 0 Å². The molecule has 0 spiro atoms. The molecule has 0 aliphatic heterocycles. The van der Waals surface area contributed by atoms with E-state index in [-0.39, 0.29) is 4.87 Å². The number of thioether (sulfide) groups is 1. The standard InChI is InChI=1S/C7H11NOS2/c1-6-5-11-7(9)8(6)3-4-10-2/h5H,3-4H2,1-2H3. The van der Waals surface area contributed by atoms with E-state index >= 15 is 0 Å². The summed E-state index contributed by atoms with van der Waals surface area (Å²) in [6.45, 7) is 2.81. The van der Waals surface area contributed by atoms with Crippen LogP contribution in [0, 0.1) is 6.92 Å². The quantitative estimate of drug-likeness (QED) is 0.720. The van der Waals surface area contributed by atoms with Crippen LogP contribution in [0.4, 0.5) is 0 Å². The molecule has 0 N–H and O–H groups in total. The van der Waals surface area contributed by atoms with Crippen LogP contribution in [-0.2, 0) is 6.54 Å². The van der Waals surface area contributed by atoms with Crippen molar-refractivity contribution in [3.63, 3.8) is 0 Å². The van der Waals surface area contributed by atoms with Crippen LogP contribution in [0.2, 0.25) is 0 Å². The smallest absolute Gasteiger partial charge is 0.303 e. The van der Waals surface area contributed by atoms with E-state index in [0.717, 1.165) is 18.0 Å². The number of hydrogen-bond acceptors (Lipinski definition) is 3. The first kappa shape index (κ1) is 8.87. The zero-order valence-electron chi connectivity index (χ0n) is 6.66. The number of aryl methyl sites for hydroxylation is 1. The first-order chi connectivity index (χ1) is 5.25. The summed E-state index contributed by atoms with van der Waals surface area (Å²) in [7, 11) is 0. The Morgan fingerprint density at radius 2 is 2.45 bits per heavy atom. The summed E-state index contributed by atoms with van der Waals surface area (Å²) < 4.78 is 1.82. The van der Waals surface area contributed by atoms with E-state index in [1.54, 1.807) is 11.8 Å². The number of aromatic nitrogens is 1. The molecule has 2 nitrogen and oxygen atoms in total. The van der Waals surface area contributed by atoms with Crippen LogP contribution < -0.4 is 4.87 Å². The van der Waals surface area contributed by atoms with Gasteiger partial charge in [-0.25, -0.2) is 0 Å². The van der Waals surface area contributed by atoms with Crippen LogP contribution in [0.1, 0.15) is 5.69 Å². The Morgan fingerprint density at radius 1 is 1.73 bits per heavy atom. The Balaban J connectivity index is 2.75. The molecule has 1 rings (SSSR count). The molecule has 62 valence electrons. The molecule has 0 fully saturated rings. The predicted octanol–water partition coefficient (Wildman–Crippen LogP) is 1.58. The summed E-state index contributed by atoms with van der Waals surface area (Å²) >= 11 is 3.04. The van der Waals surface area contributed by atoms with Crippen LogP contribution in [0.5, 0.6) is 0 Å². The van der Waals surface area contributed by atoms with Crippen LogP contribution >= 0.6 is 23.1 Å². The van der Waals surface area contributed by atoms with Gasteiger partial charge in [0.1, 0.15) is 0 Å². The molecule has 4 heteroatoms. The lowest BCUT2D eigenvalue weighted by molar-refractivity contribution is 0.731. The fourth-order valence-electron chi connectivity index (χ4n) is 0.857. The zero-order valence-corrected chi connectivity index (χ0v) is 8.30. The Kier molecular flexibility index (Phi) is 3.20. The highest BCUT2D eigenvalue weighted by Gasteiger charge is 1.99. The van der Waals surface area contributed by atoms with Crippen molar-refractivity contribution in [2.24, 2.45) is 0 Å². The van der Waals surface area contributed by atoms with E-state index in [1.807, 2.05) is 23.1 Å². The molecule has 0 radical (unpaired) electrons. The van der Waals surface area contributed by atoms with Crippen LogP contribution in [0.3, 0.4) is 0 Å². The normalized spacial score (nSPS) is 10.4. The molecule has 0 aromatic carbocycles. The van der Waals surface area contributed by atoms with Crippen LogP contribution in [-0.4, -0.2) is 16.6 Å². The molecule has 0 aliphatic rings. The van der Waals surface area contributed by atoms with Crippen molar-refractivity contribution in [2.75, 3.05) is 12.0 Å². The van der Waals surface area contributed by atoms with Crippen LogP contribution in [0.15, 0.2) is 10.2 Å². The van der Waals surface area contributed by atoms with Crippen molar-refractivity contribution in [3.05, 3.63) is 20.7 Å². The number of rotatable bonds is 3. The fraction of sp³-hybridized carbons (Fsp3) is 0.571. The van der Waals surface area contributed by atoms with Gasteiger partial charge in [0.15, 0.2) is 0 Å². The highest BCUT2D eigenvalue weighted by atomic mass is 32.2. The van der Waals surface area contributed by atoms with Crippen molar-refractivity contribution in [1.82, 2.24) is 4.57 Å². The average Bonchev–Trinajstić information content (AvgIpc) is 2.29. The van der Waals surface area contributed by atoms with Gasteiger partial charge in [-0.2, -0.15) is 11.8 Å². The van der Waals surface area contributed by atoms with Crippen LogP contribution in [0.25, 0.3) is 0 Å². The van der Waals surface area contributed by atoms with E-state index in [9.17, 15) is 4.79 Å². The maximum Gasteiger partial charge on any atom is 0.307 e. The van der Waals surface area contributed by atoms with E-state index in [2.05, 4.69) is 0 Å². The topological polar surface area (TPSA) is 22.0 Å². The molecule has 1 aromatic heterocycles. The van der Waals surface area contributed by atoms with Gasteiger partial charge in [0.25, 0.3) is 0 Å². The Bertz CT molecular complexity index is 276. The maximum absolute atomic E-state index is 11.1. The number of hydrogen-bond donors (Lipinski definition) is 0. The Labute approximate surface area is 74.2 Å². The molecule has 0 saturated carbocycles. The molecule has 11 heavy (non-hydrogen) atoms. The third-order valence-electron chi connectivity index (χ3n) is 1.50. The van der Waals surface area contributed by atoms with E-state index < -0.39 is 0 Å². The SMILES string of the molecule is CSCCn1c(C)csc1=O. The van der Waals surface area contributed by atoms with Gasteiger partial charge >= 0.3 is 4.87 Å². The van der Waals surface area contributed by atoms with Gasteiger partial charge in [0.05, 0.1) is 0 Å². The maximum atomic E-state index is 11.1. The lowest BCUT2D eigenvalue weighted by atomic mass is 10.5. The molecule has 0 amide bonds. The fourth-order valence-corrected chi connectivity index (χ4v) is 1.98. The van der Waals surface area contributed by atoms with Crippen molar-refractivity contribution >= 4 is 23.1 Å². The summed E-state index contributed by atoms with van der Waals surface area (Å²) in [5, 5.41) is 1.91. The first-order valence-electron chi connectivity index (χ1n) is 3.39. The average molecular weight is 189 g/mol.